The monoisotopic (exact) mass is 330 g/mol. The lowest BCUT2D eigenvalue weighted by Gasteiger charge is -2.11. The molecule has 5 nitrogen and oxygen atoms in total. The fourth-order valence-electron chi connectivity index (χ4n) is 2.54. The molecule has 1 heterocycles. The zero-order valence-electron chi connectivity index (χ0n) is 13.0. The third-order valence-corrected chi connectivity index (χ3v) is 3.86. The van der Waals surface area contributed by atoms with Gasteiger partial charge in [0.05, 0.1) is 12.1 Å². The lowest BCUT2D eigenvalue weighted by molar-refractivity contribution is -0.123. The van der Waals surface area contributed by atoms with Crippen LogP contribution < -0.4 is 15.4 Å². The van der Waals surface area contributed by atoms with Crippen LogP contribution in [0.15, 0.2) is 48.5 Å². The summed E-state index contributed by atoms with van der Waals surface area (Å²) < 4.78 is 18.5. The third-order valence-electron chi connectivity index (χ3n) is 3.86. The maximum atomic E-state index is 12.9. The van der Waals surface area contributed by atoms with Gasteiger partial charge in [-0.3, -0.25) is 4.79 Å². The Kier molecular flexibility index (Phi) is 5.08. The van der Waals surface area contributed by atoms with Crippen molar-refractivity contribution in [1.82, 2.24) is 10.6 Å². The maximum Gasteiger partial charge on any atom is 0.237 e. The van der Waals surface area contributed by atoms with E-state index in [0.717, 1.165) is 5.56 Å². The maximum absolute atomic E-state index is 12.9. The first-order valence-electron chi connectivity index (χ1n) is 7.82. The van der Waals surface area contributed by atoms with Crippen molar-refractivity contribution in [3.05, 3.63) is 59.9 Å². The molecule has 1 aliphatic heterocycles. The first-order chi connectivity index (χ1) is 11.6. The van der Waals surface area contributed by atoms with Gasteiger partial charge in [-0.25, -0.2) is 4.39 Å². The molecule has 3 N–H and O–H groups in total. The van der Waals surface area contributed by atoms with E-state index in [9.17, 15) is 14.3 Å². The molecule has 0 radical (unpaired) electrons. The molecule has 2 aromatic rings. The Labute approximate surface area is 139 Å². The second-order valence-corrected chi connectivity index (χ2v) is 5.77. The Balaban J connectivity index is 1.51. The molecule has 2 aromatic carbocycles. The molecule has 0 bridgehead atoms. The summed E-state index contributed by atoms with van der Waals surface area (Å²) in [5.41, 5.74) is 0.938. The van der Waals surface area contributed by atoms with E-state index in [1.807, 2.05) is 12.1 Å². The van der Waals surface area contributed by atoms with Gasteiger partial charge in [0.2, 0.25) is 5.91 Å². The van der Waals surface area contributed by atoms with Crippen molar-refractivity contribution in [2.45, 2.75) is 25.1 Å². The predicted molar refractivity (Wildman–Crippen MR) is 87.2 cm³/mol. The van der Waals surface area contributed by atoms with Crippen molar-refractivity contribution in [2.75, 3.05) is 6.54 Å². The van der Waals surface area contributed by atoms with Gasteiger partial charge in [-0.15, -0.1) is 0 Å². The summed E-state index contributed by atoms with van der Waals surface area (Å²) in [4.78, 5) is 12.0. The molecule has 6 heteroatoms. The van der Waals surface area contributed by atoms with Crippen LogP contribution in [0.2, 0.25) is 0 Å². The molecule has 0 spiro atoms. The molecular weight excluding hydrogens is 311 g/mol. The number of hydrogen-bond donors (Lipinski definition) is 3. The Bertz CT molecular complexity index is 688. The summed E-state index contributed by atoms with van der Waals surface area (Å²) in [5.74, 6) is 0.775. The normalized spacial score (nSPS) is 19.9. The van der Waals surface area contributed by atoms with Crippen LogP contribution in [0.25, 0.3) is 0 Å². The summed E-state index contributed by atoms with van der Waals surface area (Å²) >= 11 is 0. The van der Waals surface area contributed by atoms with Crippen molar-refractivity contribution < 1.29 is 19.0 Å². The molecule has 0 saturated carbocycles. The van der Waals surface area contributed by atoms with E-state index >= 15 is 0 Å². The molecule has 0 aliphatic carbocycles. The van der Waals surface area contributed by atoms with Gasteiger partial charge in [-0.05, 0) is 48.4 Å². The smallest absolute Gasteiger partial charge is 0.237 e. The number of amides is 1. The largest absolute Gasteiger partial charge is 0.457 e. The summed E-state index contributed by atoms with van der Waals surface area (Å²) in [6.45, 7) is 0.859. The van der Waals surface area contributed by atoms with Gasteiger partial charge in [-0.1, -0.05) is 12.1 Å². The average Bonchev–Trinajstić information content (AvgIpc) is 3.03. The molecule has 1 aliphatic rings. The van der Waals surface area contributed by atoms with Crippen molar-refractivity contribution in [2.24, 2.45) is 0 Å². The highest BCUT2D eigenvalue weighted by molar-refractivity contribution is 5.82. The number of benzene rings is 2. The predicted octanol–water partition coefficient (Wildman–Crippen LogP) is 1.96. The Morgan fingerprint density at radius 1 is 1.17 bits per heavy atom. The van der Waals surface area contributed by atoms with E-state index in [1.54, 1.807) is 24.3 Å². The van der Waals surface area contributed by atoms with Crippen molar-refractivity contribution in [3.63, 3.8) is 0 Å². The van der Waals surface area contributed by atoms with Crippen molar-refractivity contribution in [1.29, 1.82) is 0 Å². The highest BCUT2D eigenvalue weighted by Crippen LogP contribution is 2.21. The minimum atomic E-state index is -0.455. The van der Waals surface area contributed by atoms with Crippen molar-refractivity contribution in [3.8, 4) is 11.5 Å². The SMILES string of the molecule is O=C(NCc1ccc(Oc2ccc(F)cc2)cc1)[C@@H]1C[C@H](O)CN1. The Hall–Kier alpha value is -2.44. The summed E-state index contributed by atoms with van der Waals surface area (Å²) in [5, 5.41) is 15.2. The number of carbonyl (C=O) groups is 1. The van der Waals surface area contributed by atoms with Crippen molar-refractivity contribution >= 4 is 5.91 Å². The van der Waals surface area contributed by atoms with Gasteiger partial charge >= 0.3 is 0 Å². The van der Waals surface area contributed by atoms with Crippen LogP contribution in [0.3, 0.4) is 0 Å². The van der Waals surface area contributed by atoms with Gasteiger partial charge in [-0.2, -0.15) is 0 Å². The second kappa shape index (κ2) is 7.42. The summed E-state index contributed by atoms with van der Waals surface area (Å²) in [7, 11) is 0. The third kappa shape index (κ3) is 4.31. The second-order valence-electron chi connectivity index (χ2n) is 5.77. The lowest BCUT2D eigenvalue weighted by Crippen LogP contribution is -2.39. The van der Waals surface area contributed by atoms with E-state index in [-0.39, 0.29) is 17.8 Å². The molecule has 126 valence electrons. The zero-order valence-corrected chi connectivity index (χ0v) is 13.0. The van der Waals surface area contributed by atoms with Gasteiger partial charge in [0.15, 0.2) is 0 Å². The number of aliphatic hydroxyl groups excluding tert-OH is 1. The Morgan fingerprint density at radius 2 is 1.79 bits per heavy atom. The number of hydrogen-bond acceptors (Lipinski definition) is 4. The zero-order chi connectivity index (χ0) is 16.9. The highest BCUT2D eigenvalue weighted by Gasteiger charge is 2.27. The molecule has 1 fully saturated rings. The van der Waals surface area contributed by atoms with Crippen LogP contribution in [0.1, 0.15) is 12.0 Å². The van der Waals surface area contributed by atoms with Gasteiger partial charge in [0.25, 0.3) is 0 Å². The molecule has 0 aromatic heterocycles. The van der Waals surface area contributed by atoms with Gasteiger partial charge in [0.1, 0.15) is 17.3 Å². The number of β-amino-alcohol motifs (C(OH)–C–C–N with tert-alkyl or cyclic N) is 1. The molecule has 24 heavy (non-hydrogen) atoms. The van der Waals surface area contributed by atoms with Gasteiger partial charge in [0, 0.05) is 13.1 Å². The minimum Gasteiger partial charge on any atom is -0.457 e. The number of aliphatic hydroxyl groups is 1. The van der Waals surface area contributed by atoms with Crippen LogP contribution in [0.5, 0.6) is 11.5 Å². The molecule has 3 rings (SSSR count). The molecule has 0 unspecified atom stereocenters. The van der Waals surface area contributed by atoms with Gasteiger partial charge < -0.3 is 20.5 Å². The van der Waals surface area contributed by atoms with E-state index in [1.165, 1.54) is 12.1 Å². The van der Waals surface area contributed by atoms with Crippen LogP contribution in [-0.4, -0.2) is 29.7 Å². The summed E-state index contributed by atoms with van der Waals surface area (Å²) in [6, 6.07) is 12.8. The fraction of sp³-hybridized carbons (Fsp3) is 0.278. The first kappa shape index (κ1) is 16.4. The average molecular weight is 330 g/mol. The fourth-order valence-corrected chi connectivity index (χ4v) is 2.54. The number of nitrogens with one attached hydrogen (secondary N) is 2. The minimum absolute atomic E-state index is 0.113. The highest BCUT2D eigenvalue weighted by atomic mass is 19.1. The first-order valence-corrected chi connectivity index (χ1v) is 7.82. The molecule has 1 amide bonds. The van der Waals surface area contributed by atoms with Crippen LogP contribution in [0.4, 0.5) is 4.39 Å². The van der Waals surface area contributed by atoms with E-state index in [4.69, 9.17) is 4.74 Å². The standard InChI is InChI=1S/C18H19FN2O3/c19-13-3-7-16(8-4-13)24-15-5-1-12(2-6-15)10-21-18(23)17-9-14(22)11-20-17/h1-8,14,17,20,22H,9-11H2,(H,21,23)/t14-,17-/m0/s1. The molecular formula is C18H19FN2O3. The lowest BCUT2D eigenvalue weighted by atomic mass is 10.1. The van der Waals surface area contributed by atoms with E-state index in [2.05, 4.69) is 10.6 Å². The Morgan fingerprint density at radius 3 is 2.38 bits per heavy atom. The van der Waals surface area contributed by atoms with Crippen LogP contribution in [-0.2, 0) is 11.3 Å². The molecule has 2 atom stereocenters. The molecule has 1 saturated heterocycles. The van der Waals surface area contributed by atoms with E-state index < -0.39 is 6.10 Å². The topological polar surface area (TPSA) is 70.6 Å². The number of rotatable bonds is 5. The number of ether oxygens (including phenoxy) is 1. The summed E-state index contributed by atoms with van der Waals surface area (Å²) in [6.07, 6.45) is -0.0142. The number of carbonyl (C=O) groups excluding carboxylic acids is 1. The van der Waals surface area contributed by atoms with E-state index in [0.29, 0.717) is 31.0 Å². The van der Waals surface area contributed by atoms with Crippen LogP contribution in [0, 0.1) is 5.82 Å². The number of halogens is 1. The quantitative estimate of drug-likeness (QED) is 0.784. The van der Waals surface area contributed by atoms with Crippen LogP contribution >= 0.6 is 0 Å².